The molecule has 2 N–H and O–H groups in total. The highest BCUT2D eigenvalue weighted by molar-refractivity contribution is 5.93. The Morgan fingerprint density at radius 3 is 2.36 bits per heavy atom. The number of rotatable bonds is 2. The number of amides is 1. The highest BCUT2D eigenvalue weighted by atomic mass is 19.2. The number of hydrogen-bond acceptors (Lipinski definition) is 1. The molecule has 0 bridgehead atoms. The molecule has 2 nitrogen and oxygen atoms in total. The van der Waals surface area contributed by atoms with Gasteiger partial charge < -0.3 is 5.73 Å². The van der Waals surface area contributed by atoms with Crippen LogP contribution in [0.2, 0.25) is 0 Å². The number of benzene rings is 1. The summed E-state index contributed by atoms with van der Waals surface area (Å²) in [6.07, 6.45) is -0.0459. The lowest BCUT2D eigenvalue weighted by atomic mass is 10.1. The predicted octanol–water partition coefficient (Wildman–Crippen LogP) is 1.77. The second-order valence-corrected chi connectivity index (χ2v) is 2.73. The number of carbonyl (C=O) groups excluding carboxylic acids is 1. The minimum Gasteiger partial charge on any atom is -0.366 e. The zero-order valence-electron chi connectivity index (χ0n) is 7.40. The first-order valence-corrected chi connectivity index (χ1v) is 3.95. The largest absolute Gasteiger partial charge is 0.366 e. The van der Waals surface area contributed by atoms with E-state index in [2.05, 4.69) is 0 Å². The molecule has 76 valence electrons. The summed E-state index contributed by atoms with van der Waals surface area (Å²) < 4.78 is 39.0. The lowest BCUT2D eigenvalue weighted by Gasteiger charge is -2.06. The molecule has 0 atom stereocenters. The van der Waals surface area contributed by atoms with Crippen molar-refractivity contribution in [2.75, 3.05) is 0 Å². The molecule has 0 fully saturated rings. The molecule has 0 aliphatic heterocycles. The van der Waals surface area contributed by atoms with Gasteiger partial charge in [0.05, 0.1) is 5.56 Å². The van der Waals surface area contributed by atoms with E-state index in [4.69, 9.17) is 5.73 Å². The fourth-order valence-electron chi connectivity index (χ4n) is 1.15. The summed E-state index contributed by atoms with van der Waals surface area (Å²) in [5.41, 5.74) is 3.71. The molecular weight excluding hydrogens is 195 g/mol. The topological polar surface area (TPSA) is 43.1 Å². The Morgan fingerprint density at radius 2 is 1.93 bits per heavy atom. The summed E-state index contributed by atoms with van der Waals surface area (Å²) in [5.74, 6) is -4.73. The Hall–Kier alpha value is -1.52. The van der Waals surface area contributed by atoms with Crippen LogP contribution in [0.5, 0.6) is 0 Å². The first kappa shape index (κ1) is 10.6. The van der Waals surface area contributed by atoms with Gasteiger partial charge in [0.25, 0.3) is 5.91 Å². The molecule has 0 radical (unpaired) electrons. The van der Waals surface area contributed by atoms with E-state index in [9.17, 15) is 18.0 Å². The van der Waals surface area contributed by atoms with Gasteiger partial charge in [-0.25, -0.2) is 13.2 Å². The van der Waals surface area contributed by atoms with Crippen molar-refractivity contribution in [3.8, 4) is 0 Å². The fraction of sp³-hybridized carbons (Fsp3) is 0.222. The van der Waals surface area contributed by atoms with Crippen LogP contribution in [0.25, 0.3) is 0 Å². The highest BCUT2D eigenvalue weighted by Crippen LogP contribution is 2.20. The Labute approximate surface area is 78.5 Å². The van der Waals surface area contributed by atoms with E-state index in [0.717, 1.165) is 0 Å². The minimum atomic E-state index is -1.27. The van der Waals surface area contributed by atoms with Gasteiger partial charge in [-0.3, -0.25) is 4.79 Å². The SMILES string of the molecule is CCc1c(F)c(F)cc(C(N)=O)c1F. The van der Waals surface area contributed by atoms with Crippen LogP contribution in [0, 0.1) is 17.5 Å². The Bertz CT molecular complexity index is 390. The Kier molecular flexibility index (Phi) is 2.78. The quantitative estimate of drug-likeness (QED) is 0.731. The van der Waals surface area contributed by atoms with Crippen LogP contribution in [0.1, 0.15) is 22.8 Å². The molecule has 14 heavy (non-hydrogen) atoms. The average Bonchev–Trinajstić information content (AvgIpc) is 2.12. The van der Waals surface area contributed by atoms with Gasteiger partial charge in [-0.15, -0.1) is 0 Å². The average molecular weight is 203 g/mol. The standard InChI is InChI=1S/C9H8F3NO/c1-2-4-7(11)5(9(13)14)3-6(10)8(4)12/h3H,2H2,1H3,(H2,13,14). The third-order valence-corrected chi connectivity index (χ3v) is 1.87. The van der Waals surface area contributed by atoms with Gasteiger partial charge in [0.1, 0.15) is 5.82 Å². The third kappa shape index (κ3) is 1.57. The van der Waals surface area contributed by atoms with Crippen molar-refractivity contribution in [3.05, 3.63) is 34.6 Å². The molecule has 0 aromatic heterocycles. The van der Waals surface area contributed by atoms with E-state index in [-0.39, 0.29) is 6.42 Å². The normalized spacial score (nSPS) is 10.3. The van der Waals surface area contributed by atoms with Crippen molar-refractivity contribution < 1.29 is 18.0 Å². The third-order valence-electron chi connectivity index (χ3n) is 1.87. The molecule has 1 rings (SSSR count). The van der Waals surface area contributed by atoms with Gasteiger partial charge in [0, 0.05) is 5.56 Å². The van der Waals surface area contributed by atoms with E-state index in [1.165, 1.54) is 6.92 Å². The van der Waals surface area contributed by atoms with Crippen LogP contribution < -0.4 is 5.73 Å². The van der Waals surface area contributed by atoms with Crippen molar-refractivity contribution in [3.63, 3.8) is 0 Å². The van der Waals surface area contributed by atoms with Crippen molar-refractivity contribution in [2.45, 2.75) is 13.3 Å². The predicted molar refractivity (Wildman–Crippen MR) is 44.2 cm³/mol. The van der Waals surface area contributed by atoms with Crippen molar-refractivity contribution >= 4 is 5.91 Å². The Balaban J connectivity index is 3.50. The van der Waals surface area contributed by atoms with Gasteiger partial charge in [0.2, 0.25) is 0 Å². The second-order valence-electron chi connectivity index (χ2n) is 2.73. The number of primary amides is 1. The summed E-state index contributed by atoms with van der Waals surface area (Å²) in [5, 5.41) is 0. The monoisotopic (exact) mass is 203 g/mol. The molecule has 0 spiro atoms. The van der Waals surface area contributed by atoms with Crippen LogP contribution in [0.15, 0.2) is 6.07 Å². The molecule has 0 unspecified atom stereocenters. The minimum absolute atomic E-state index is 0.0459. The van der Waals surface area contributed by atoms with Crippen molar-refractivity contribution in [2.24, 2.45) is 5.73 Å². The zero-order valence-corrected chi connectivity index (χ0v) is 7.40. The maximum atomic E-state index is 13.3. The zero-order chi connectivity index (χ0) is 10.9. The van der Waals surface area contributed by atoms with Gasteiger partial charge >= 0.3 is 0 Å². The molecule has 0 saturated heterocycles. The number of halogens is 3. The number of hydrogen-bond donors (Lipinski definition) is 1. The van der Waals surface area contributed by atoms with Crippen LogP contribution in [-0.4, -0.2) is 5.91 Å². The molecule has 0 aliphatic carbocycles. The van der Waals surface area contributed by atoms with E-state index >= 15 is 0 Å². The first-order chi connectivity index (χ1) is 6.49. The van der Waals surface area contributed by atoms with Gasteiger partial charge in [0.15, 0.2) is 11.6 Å². The maximum Gasteiger partial charge on any atom is 0.251 e. The summed E-state index contributed by atoms with van der Waals surface area (Å²) in [6, 6.07) is 0.464. The fourth-order valence-corrected chi connectivity index (χ4v) is 1.15. The van der Waals surface area contributed by atoms with E-state index < -0.39 is 34.5 Å². The van der Waals surface area contributed by atoms with Gasteiger partial charge in [-0.05, 0) is 12.5 Å². The highest BCUT2D eigenvalue weighted by Gasteiger charge is 2.19. The number of nitrogens with two attached hydrogens (primary N) is 1. The molecular formula is C9H8F3NO. The second kappa shape index (κ2) is 3.69. The summed E-state index contributed by atoms with van der Waals surface area (Å²) in [4.78, 5) is 10.6. The molecule has 5 heteroatoms. The van der Waals surface area contributed by atoms with Gasteiger partial charge in [-0.2, -0.15) is 0 Å². The van der Waals surface area contributed by atoms with Crippen LogP contribution in [0.3, 0.4) is 0 Å². The van der Waals surface area contributed by atoms with Crippen LogP contribution in [0.4, 0.5) is 13.2 Å². The molecule has 0 aliphatic rings. The molecule has 1 aromatic rings. The van der Waals surface area contributed by atoms with Crippen molar-refractivity contribution in [1.29, 1.82) is 0 Å². The van der Waals surface area contributed by atoms with Crippen LogP contribution in [-0.2, 0) is 6.42 Å². The van der Waals surface area contributed by atoms with Crippen LogP contribution >= 0.6 is 0 Å². The summed E-state index contributed by atoms with van der Waals surface area (Å²) in [6.45, 7) is 1.45. The molecule has 0 heterocycles. The molecule has 0 saturated carbocycles. The van der Waals surface area contributed by atoms with Gasteiger partial charge in [-0.1, -0.05) is 6.92 Å². The van der Waals surface area contributed by atoms with E-state index in [0.29, 0.717) is 6.07 Å². The molecule has 1 aromatic carbocycles. The lowest BCUT2D eigenvalue weighted by molar-refractivity contribution is 0.0995. The summed E-state index contributed by atoms with van der Waals surface area (Å²) in [7, 11) is 0. The number of carbonyl (C=O) groups is 1. The Morgan fingerprint density at radius 1 is 1.36 bits per heavy atom. The van der Waals surface area contributed by atoms with E-state index in [1.807, 2.05) is 0 Å². The van der Waals surface area contributed by atoms with E-state index in [1.54, 1.807) is 0 Å². The molecule has 1 amide bonds. The van der Waals surface area contributed by atoms with Crippen molar-refractivity contribution in [1.82, 2.24) is 0 Å². The smallest absolute Gasteiger partial charge is 0.251 e. The summed E-state index contributed by atoms with van der Waals surface area (Å²) >= 11 is 0. The first-order valence-electron chi connectivity index (χ1n) is 3.95. The lowest BCUT2D eigenvalue weighted by Crippen LogP contribution is -2.16. The maximum absolute atomic E-state index is 13.3.